The van der Waals surface area contributed by atoms with Gasteiger partial charge in [0.15, 0.2) is 0 Å². The summed E-state index contributed by atoms with van der Waals surface area (Å²) in [6.45, 7) is 5.86. The zero-order valence-electron chi connectivity index (χ0n) is 11.6. The fraction of sp³-hybridized carbons (Fsp3) is 0.600. The van der Waals surface area contributed by atoms with Crippen molar-refractivity contribution < 1.29 is 4.74 Å². The molecule has 0 aromatic heterocycles. The van der Waals surface area contributed by atoms with Gasteiger partial charge in [0.2, 0.25) is 0 Å². The third-order valence-corrected chi connectivity index (χ3v) is 4.10. The van der Waals surface area contributed by atoms with Gasteiger partial charge in [-0.1, -0.05) is 22.9 Å². The molecular weight excluding hydrogens is 304 g/mol. The molecule has 0 radical (unpaired) electrons. The van der Waals surface area contributed by atoms with Crippen LogP contribution < -0.4 is 10.6 Å². The number of nitrogens with two attached hydrogens (primary N) is 1. The van der Waals surface area contributed by atoms with E-state index in [1.165, 1.54) is 11.3 Å². The highest BCUT2D eigenvalue weighted by atomic mass is 79.9. The second-order valence-corrected chi connectivity index (χ2v) is 6.01. The molecule has 0 bridgehead atoms. The van der Waals surface area contributed by atoms with Gasteiger partial charge in [-0.05, 0) is 43.0 Å². The molecule has 19 heavy (non-hydrogen) atoms. The SMILES string of the molecule is CCC(N)Cc1cc(Br)ccc1N1CCCOCC1. The fourth-order valence-corrected chi connectivity index (χ4v) is 2.85. The van der Waals surface area contributed by atoms with Crippen molar-refractivity contribution in [1.29, 1.82) is 0 Å². The number of benzene rings is 1. The first-order chi connectivity index (χ1) is 9.20. The Hall–Kier alpha value is -0.580. The van der Waals surface area contributed by atoms with Gasteiger partial charge in [0.1, 0.15) is 0 Å². The van der Waals surface area contributed by atoms with Gasteiger partial charge in [-0.15, -0.1) is 0 Å². The third kappa shape index (κ3) is 4.20. The Kier molecular flexibility index (Phi) is 5.67. The molecule has 0 amide bonds. The van der Waals surface area contributed by atoms with Crippen molar-refractivity contribution in [2.45, 2.75) is 32.2 Å². The van der Waals surface area contributed by atoms with Gasteiger partial charge in [-0.2, -0.15) is 0 Å². The van der Waals surface area contributed by atoms with Crippen LogP contribution in [0.1, 0.15) is 25.3 Å². The fourth-order valence-electron chi connectivity index (χ4n) is 2.44. The van der Waals surface area contributed by atoms with E-state index in [0.29, 0.717) is 0 Å². The lowest BCUT2D eigenvalue weighted by atomic mass is 10.0. The predicted molar refractivity (Wildman–Crippen MR) is 83.8 cm³/mol. The zero-order chi connectivity index (χ0) is 13.7. The van der Waals surface area contributed by atoms with E-state index < -0.39 is 0 Å². The summed E-state index contributed by atoms with van der Waals surface area (Å²) in [5.74, 6) is 0. The smallest absolute Gasteiger partial charge is 0.0641 e. The predicted octanol–water partition coefficient (Wildman–Crippen LogP) is 2.96. The number of hydrogen-bond acceptors (Lipinski definition) is 3. The Morgan fingerprint density at radius 3 is 3.00 bits per heavy atom. The maximum atomic E-state index is 6.13. The molecular formula is C15H23BrN2O. The van der Waals surface area contributed by atoms with E-state index >= 15 is 0 Å². The van der Waals surface area contributed by atoms with Crippen molar-refractivity contribution in [3.63, 3.8) is 0 Å². The van der Waals surface area contributed by atoms with E-state index in [2.05, 4.69) is 46.0 Å². The van der Waals surface area contributed by atoms with E-state index in [1.54, 1.807) is 0 Å². The summed E-state index contributed by atoms with van der Waals surface area (Å²) in [6, 6.07) is 6.75. The summed E-state index contributed by atoms with van der Waals surface area (Å²) >= 11 is 3.56. The standard InChI is InChI=1S/C15H23BrN2O/c1-2-14(17)11-12-10-13(16)4-5-15(12)18-6-3-8-19-9-7-18/h4-5,10,14H,2-3,6-9,11,17H2,1H3. The summed E-state index contributed by atoms with van der Waals surface area (Å²) in [7, 11) is 0. The summed E-state index contributed by atoms with van der Waals surface area (Å²) in [5.41, 5.74) is 8.78. The van der Waals surface area contributed by atoms with Crippen LogP contribution in [0.25, 0.3) is 0 Å². The minimum atomic E-state index is 0.233. The maximum Gasteiger partial charge on any atom is 0.0641 e. The molecule has 2 N–H and O–H groups in total. The van der Waals surface area contributed by atoms with Gasteiger partial charge in [0.05, 0.1) is 6.61 Å². The zero-order valence-corrected chi connectivity index (χ0v) is 13.2. The van der Waals surface area contributed by atoms with Gasteiger partial charge in [0, 0.05) is 35.9 Å². The van der Waals surface area contributed by atoms with Crippen molar-refractivity contribution in [3.05, 3.63) is 28.2 Å². The van der Waals surface area contributed by atoms with Crippen LogP contribution in [0.15, 0.2) is 22.7 Å². The van der Waals surface area contributed by atoms with Crippen LogP contribution in [-0.4, -0.2) is 32.3 Å². The minimum Gasteiger partial charge on any atom is -0.380 e. The lowest BCUT2D eigenvalue weighted by Crippen LogP contribution is -2.29. The molecule has 1 aromatic rings. The van der Waals surface area contributed by atoms with E-state index in [-0.39, 0.29) is 6.04 Å². The summed E-state index contributed by atoms with van der Waals surface area (Å²) in [4.78, 5) is 2.43. The van der Waals surface area contributed by atoms with Gasteiger partial charge in [-0.25, -0.2) is 0 Å². The molecule has 0 saturated carbocycles. The van der Waals surface area contributed by atoms with Gasteiger partial charge in [-0.3, -0.25) is 0 Å². The Bertz CT molecular complexity index is 403. The third-order valence-electron chi connectivity index (χ3n) is 3.61. The first-order valence-corrected chi connectivity index (χ1v) is 7.86. The van der Waals surface area contributed by atoms with Crippen molar-refractivity contribution in [2.75, 3.05) is 31.2 Å². The van der Waals surface area contributed by atoms with E-state index in [4.69, 9.17) is 10.5 Å². The van der Waals surface area contributed by atoms with Crippen LogP contribution in [0.3, 0.4) is 0 Å². The second-order valence-electron chi connectivity index (χ2n) is 5.10. The molecule has 1 aliphatic rings. The van der Waals surface area contributed by atoms with Crippen LogP contribution in [0.4, 0.5) is 5.69 Å². The van der Waals surface area contributed by atoms with Gasteiger partial charge in [0.25, 0.3) is 0 Å². The maximum absolute atomic E-state index is 6.13. The number of anilines is 1. The molecule has 1 atom stereocenters. The highest BCUT2D eigenvalue weighted by Gasteiger charge is 2.15. The van der Waals surface area contributed by atoms with Crippen molar-refractivity contribution in [1.82, 2.24) is 0 Å². The number of nitrogens with zero attached hydrogens (tertiary/aromatic N) is 1. The van der Waals surface area contributed by atoms with Crippen LogP contribution in [0, 0.1) is 0 Å². The Morgan fingerprint density at radius 2 is 2.21 bits per heavy atom. The Balaban J connectivity index is 2.21. The number of halogens is 1. The van der Waals surface area contributed by atoms with E-state index in [1.807, 2.05) is 0 Å². The average Bonchev–Trinajstić information content (AvgIpc) is 2.67. The quantitative estimate of drug-likeness (QED) is 0.924. The van der Waals surface area contributed by atoms with Crippen molar-refractivity contribution in [3.8, 4) is 0 Å². The number of ether oxygens (including phenoxy) is 1. The Labute approximate surface area is 124 Å². The molecule has 0 spiro atoms. The monoisotopic (exact) mass is 326 g/mol. The van der Waals surface area contributed by atoms with Crippen molar-refractivity contribution >= 4 is 21.6 Å². The van der Waals surface area contributed by atoms with Crippen LogP contribution in [0.5, 0.6) is 0 Å². The van der Waals surface area contributed by atoms with Gasteiger partial charge >= 0.3 is 0 Å². The Morgan fingerprint density at radius 1 is 1.37 bits per heavy atom. The summed E-state index contributed by atoms with van der Waals surface area (Å²) in [5, 5.41) is 0. The highest BCUT2D eigenvalue weighted by molar-refractivity contribution is 9.10. The lowest BCUT2D eigenvalue weighted by Gasteiger charge is -2.26. The molecule has 3 nitrogen and oxygen atoms in total. The second kappa shape index (κ2) is 7.27. The molecule has 1 heterocycles. The largest absolute Gasteiger partial charge is 0.380 e. The van der Waals surface area contributed by atoms with Crippen LogP contribution in [0.2, 0.25) is 0 Å². The molecule has 1 saturated heterocycles. The molecule has 2 rings (SSSR count). The number of rotatable bonds is 4. The molecule has 4 heteroatoms. The molecule has 1 unspecified atom stereocenters. The average molecular weight is 327 g/mol. The van der Waals surface area contributed by atoms with Crippen molar-refractivity contribution in [2.24, 2.45) is 5.73 Å². The molecule has 0 aliphatic carbocycles. The molecule has 106 valence electrons. The number of hydrogen-bond donors (Lipinski definition) is 1. The molecule has 1 fully saturated rings. The first-order valence-electron chi connectivity index (χ1n) is 7.07. The van der Waals surface area contributed by atoms with E-state index in [0.717, 1.165) is 50.0 Å². The first kappa shape index (κ1) is 14.8. The minimum absolute atomic E-state index is 0.233. The molecule has 1 aliphatic heterocycles. The topological polar surface area (TPSA) is 38.5 Å². The lowest BCUT2D eigenvalue weighted by molar-refractivity contribution is 0.152. The summed E-state index contributed by atoms with van der Waals surface area (Å²) < 4.78 is 6.66. The van der Waals surface area contributed by atoms with Crippen LogP contribution >= 0.6 is 15.9 Å². The van der Waals surface area contributed by atoms with Gasteiger partial charge < -0.3 is 15.4 Å². The van der Waals surface area contributed by atoms with Crippen LogP contribution in [-0.2, 0) is 11.2 Å². The molecule has 1 aromatic carbocycles. The van der Waals surface area contributed by atoms with E-state index in [9.17, 15) is 0 Å². The highest BCUT2D eigenvalue weighted by Crippen LogP contribution is 2.26. The normalized spacial score (nSPS) is 18.2. The summed E-state index contributed by atoms with van der Waals surface area (Å²) in [6.07, 6.45) is 3.03.